The molecule has 0 radical (unpaired) electrons. The molecule has 17 heavy (non-hydrogen) atoms. The number of ether oxygens (including phenoxy) is 3. The Kier molecular flexibility index (Phi) is 5.07. The largest absolute Gasteiger partial charge is 0.497 e. The smallest absolute Gasteiger partial charge is 0.330 e. The molecule has 0 amide bonds. The molecule has 0 fully saturated rings. The zero-order chi connectivity index (χ0) is 12.7. The molecule has 0 atom stereocenters. The topological polar surface area (TPSA) is 44.8 Å². The Balaban J connectivity index is 2.87. The first kappa shape index (κ1) is 13.1. The van der Waals surface area contributed by atoms with Gasteiger partial charge in [0.2, 0.25) is 0 Å². The van der Waals surface area contributed by atoms with Crippen LogP contribution in [0.3, 0.4) is 0 Å². The predicted octanol–water partition coefficient (Wildman–Crippen LogP) is 2.28. The highest BCUT2D eigenvalue weighted by Crippen LogP contribution is 2.25. The van der Waals surface area contributed by atoms with Gasteiger partial charge in [0, 0.05) is 17.7 Å². The zero-order valence-corrected chi connectivity index (χ0v) is 10.2. The number of carbonyl (C=O) groups excluding carboxylic acids is 1. The van der Waals surface area contributed by atoms with Crippen LogP contribution in [0.2, 0.25) is 0 Å². The summed E-state index contributed by atoms with van der Waals surface area (Å²) in [5, 5.41) is 0. The summed E-state index contributed by atoms with van der Waals surface area (Å²) in [5.41, 5.74) is 0.793. The van der Waals surface area contributed by atoms with Gasteiger partial charge >= 0.3 is 5.97 Å². The first-order valence-electron chi connectivity index (χ1n) is 5.28. The molecular formula is C13H16O4. The number of benzene rings is 1. The van der Waals surface area contributed by atoms with Gasteiger partial charge in [0.25, 0.3) is 0 Å². The molecule has 0 aromatic heterocycles. The number of esters is 1. The summed E-state index contributed by atoms with van der Waals surface area (Å²) in [6, 6.07) is 5.37. The summed E-state index contributed by atoms with van der Waals surface area (Å²) in [6.07, 6.45) is 3.02. The van der Waals surface area contributed by atoms with Gasteiger partial charge in [-0.2, -0.15) is 0 Å². The predicted molar refractivity (Wildman–Crippen MR) is 65.2 cm³/mol. The third-order valence-corrected chi connectivity index (χ3v) is 2.13. The van der Waals surface area contributed by atoms with Gasteiger partial charge in [0.15, 0.2) is 0 Å². The summed E-state index contributed by atoms with van der Waals surface area (Å²) in [4.78, 5) is 11.2. The highest BCUT2D eigenvalue weighted by atomic mass is 16.5. The second kappa shape index (κ2) is 6.58. The average Bonchev–Trinajstić information content (AvgIpc) is 2.36. The zero-order valence-electron chi connectivity index (χ0n) is 10.2. The van der Waals surface area contributed by atoms with Gasteiger partial charge in [-0.25, -0.2) is 4.79 Å². The molecule has 1 rings (SSSR count). The fourth-order valence-corrected chi connectivity index (χ4v) is 1.30. The molecule has 0 saturated heterocycles. The SMILES string of the molecule is CCOC(=O)/C=C/c1ccc(OC)cc1OC. The molecule has 92 valence electrons. The van der Waals surface area contributed by atoms with Crippen LogP contribution < -0.4 is 9.47 Å². The van der Waals surface area contributed by atoms with Crippen molar-refractivity contribution in [3.05, 3.63) is 29.8 Å². The van der Waals surface area contributed by atoms with E-state index in [-0.39, 0.29) is 5.97 Å². The Labute approximate surface area is 101 Å². The van der Waals surface area contributed by atoms with Gasteiger partial charge in [0.1, 0.15) is 11.5 Å². The number of hydrogen-bond acceptors (Lipinski definition) is 4. The minimum Gasteiger partial charge on any atom is -0.497 e. The van der Waals surface area contributed by atoms with E-state index in [1.165, 1.54) is 6.08 Å². The molecular weight excluding hydrogens is 220 g/mol. The van der Waals surface area contributed by atoms with E-state index in [4.69, 9.17) is 14.2 Å². The van der Waals surface area contributed by atoms with Gasteiger partial charge in [0.05, 0.1) is 20.8 Å². The minimum absolute atomic E-state index is 0.364. The highest BCUT2D eigenvalue weighted by molar-refractivity contribution is 5.87. The van der Waals surface area contributed by atoms with Crippen molar-refractivity contribution in [2.24, 2.45) is 0 Å². The molecule has 0 unspecified atom stereocenters. The van der Waals surface area contributed by atoms with Crippen LogP contribution in [0.25, 0.3) is 6.08 Å². The van der Waals surface area contributed by atoms with E-state index in [2.05, 4.69) is 0 Å². The van der Waals surface area contributed by atoms with Crippen molar-refractivity contribution in [3.63, 3.8) is 0 Å². The van der Waals surface area contributed by atoms with Crippen molar-refractivity contribution in [2.45, 2.75) is 6.92 Å². The Bertz CT molecular complexity index is 410. The Hall–Kier alpha value is -1.97. The number of hydrogen-bond donors (Lipinski definition) is 0. The van der Waals surface area contributed by atoms with Crippen LogP contribution in [0.15, 0.2) is 24.3 Å². The maximum atomic E-state index is 11.2. The number of carbonyl (C=O) groups is 1. The summed E-state index contributed by atoms with van der Waals surface area (Å²) >= 11 is 0. The normalized spacial score (nSPS) is 10.3. The van der Waals surface area contributed by atoms with Crippen molar-refractivity contribution in [1.29, 1.82) is 0 Å². The molecule has 0 saturated carbocycles. The molecule has 0 spiro atoms. The Morgan fingerprint density at radius 2 is 2.06 bits per heavy atom. The maximum absolute atomic E-state index is 11.2. The van der Waals surface area contributed by atoms with Crippen molar-refractivity contribution in [1.82, 2.24) is 0 Å². The highest BCUT2D eigenvalue weighted by Gasteiger charge is 2.02. The Morgan fingerprint density at radius 1 is 1.29 bits per heavy atom. The summed E-state index contributed by atoms with van der Waals surface area (Å²) < 4.78 is 15.1. The van der Waals surface area contributed by atoms with Crippen LogP contribution >= 0.6 is 0 Å². The molecule has 1 aromatic rings. The monoisotopic (exact) mass is 236 g/mol. The van der Waals surface area contributed by atoms with Gasteiger partial charge in [-0.05, 0) is 25.1 Å². The standard InChI is InChI=1S/C13H16O4/c1-4-17-13(14)8-6-10-5-7-11(15-2)9-12(10)16-3/h5-9H,4H2,1-3H3/b8-6+. The van der Waals surface area contributed by atoms with Crippen LogP contribution in [0.1, 0.15) is 12.5 Å². The quantitative estimate of drug-likeness (QED) is 0.581. The van der Waals surface area contributed by atoms with E-state index in [1.54, 1.807) is 39.4 Å². The third-order valence-electron chi connectivity index (χ3n) is 2.13. The van der Waals surface area contributed by atoms with Crippen LogP contribution in [-0.4, -0.2) is 26.8 Å². The fourth-order valence-electron chi connectivity index (χ4n) is 1.30. The minimum atomic E-state index is -0.370. The summed E-state index contributed by atoms with van der Waals surface area (Å²) in [5.74, 6) is 0.977. The van der Waals surface area contributed by atoms with E-state index in [9.17, 15) is 4.79 Å². The number of rotatable bonds is 5. The van der Waals surface area contributed by atoms with Crippen molar-refractivity contribution in [2.75, 3.05) is 20.8 Å². The molecule has 1 aromatic carbocycles. The lowest BCUT2D eigenvalue weighted by Crippen LogP contribution is -1.98. The lowest BCUT2D eigenvalue weighted by Gasteiger charge is -2.07. The van der Waals surface area contributed by atoms with E-state index in [0.717, 1.165) is 5.56 Å². The molecule has 0 aliphatic carbocycles. The van der Waals surface area contributed by atoms with Gasteiger partial charge in [-0.15, -0.1) is 0 Å². The second-order valence-electron chi connectivity index (χ2n) is 3.19. The molecule has 0 heterocycles. The van der Waals surface area contributed by atoms with E-state index >= 15 is 0 Å². The van der Waals surface area contributed by atoms with E-state index < -0.39 is 0 Å². The Morgan fingerprint density at radius 3 is 2.65 bits per heavy atom. The molecule has 4 heteroatoms. The van der Waals surface area contributed by atoms with Crippen LogP contribution in [0.4, 0.5) is 0 Å². The van der Waals surface area contributed by atoms with Crippen molar-refractivity contribution < 1.29 is 19.0 Å². The maximum Gasteiger partial charge on any atom is 0.330 e. The van der Waals surface area contributed by atoms with Crippen LogP contribution in [0, 0.1) is 0 Å². The molecule has 0 aliphatic heterocycles. The average molecular weight is 236 g/mol. The summed E-state index contributed by atoms with van der Waals surface area (Å²) in [6.45, 7) is 2.13. The molecule has 0 N–H and O–H groups in total. The third kappa shape index (κ3) is 3.83. The van der Waals surface area contributed by atoms with Crippen LogP contribution in [-0.2, 0) is 9.53 Å². The van der Waals surface area contributed by atoms with Gasteiger partial charge in [-0.3, -0.25) is 0 Å². The molecule has 4 nitrogen and oxygen atoms in total. The number of methoxy groups -OCH3 is 2. The van der Waals surface area contributed by atoms with Gasteiger partial charge < -0.3 is 14.2 Å². The van der Waals surface area contributed by atoms with Gasteiger partial charge in [-0.1, -0.05) is 0 Å². The van der Waals surface area contributed by atoms with E-state index in [0.29, 0.717) is 18.1 Å². The second-order valence-corrected chi connectivity index (χ2v) is 3.19. The lowest BCUT2D eigenvalue weighted by atomic mass is 10.2. The van der Waals surface area contributed by atoms with E-state index in [1.807, 2.05) is 6.07 Å². The van der Waals surface area contributed by atoms with Crippen molar-refractivity contribution >= 4 is 12.0 Å². The molecule has 0 bridgehead atoms. The first-order valence-corrected chi connectivity index (χ1v) is 5.28. The lowest BCUT2D eigenvalue weighted by molar-refractivity contribution is -0.137. The summed E-state index contributed by atoms with van der Waals surface area (Å²) in [7, 11) is 3.15. The van der Waals surface area contributed by atoms with Crippen LogP contribution in [0.5, 0.6) is 11.5 Å². The first-order chi connectivity index (χ1) is 8.21. The van der Waals surface area contributed by atoms with Crippen molar-refractivity contribution in [3.8, 4) is 11.5 Å². The molecule has 0 aliphatic rings. The fraction of sp³-hybridized carbons (Fsp3) is 0.308.